The van der Waals surface area contributed by atoms with E-state index in [0.717, 1.165) is 13.0 Å². The average Bonchev–Trinajstić information content (AvgIpc) is 2.54. The fourth-order valence-electron chi connectivity index (χ4n) is 2.63. The molecule has 0 saturated carbocycles. The molecule has 25 heavy (non-hydrogen) atoms. The Morgan fingerprint density at radius 2 is 1.56 bits per heavy atom. The zero-order valence-electron chi connectivity index (χ0n) is 17.8. The third-order valence-electron chi connectivity index (χ3n) is 4.40. The van der Waals surface area contributed by atoms with Crippen molar-refractivity contribution in [2.45, 2.75) is 99.0 Å². The number of nitrogens with one attached hydrogen (secondary N) is 1. The highest BCUT2D eigenvalue weighted by Gasteiger charge is 1.95. The van der Waals surface area contributed by atoms with Gasteiger partial charge in [-0.25, -0.2) is 0 Å². The first-order valence-corrected chi connectivity index (χ1v) is 10.3. The summed E-state index contributed by atoms with van der Waals surface area (Å²) in [4.78, 5) is 0. The van der Waals surface area contributed by atoms with Crippen LogP contribution in [0.15, 0.2) is 47.1 Å². The van der Waals surface area contributed by atoms with Crippen molar-refractivity contribution in [1.82, 2.24) is 5.32 Å². The molecule has 1 atom stereocenters. The van der Waals surface area contributed by atoms with E-state index < -0.39 is 0 Å². The number of unbranched alkanes of at least 4 members (excludes halogenated alkanes) is 3. The third-order valence-corrected chi connectivity index (χ3v) is 4.40. The van der Waals surface area contributed by atoms with Gasteiger partial charge >= 0.3 is 0 Å². The van der Waals surface area contributed by atoms with Gasteiger partial charge in [0.1, 0.15) is 0 Å². The van der Waals surface area contributed by atoms with Gasteiger partial charge in [0.15, 0.2) is 0 Å². The van der Waals surface area contributed by atoms with Crippen molar-refractivity contribution in [3.8, 4) is 0 Å². The first kappa shape index (κ1) is 23.9. The Labute approximate surface area is 158 Å². The van der Waals surface area contributed by atoms with Crippen LogP contribution in [-0.2, 0) is 0 Å². The SMILES string of the molecule is CCCCC=C(C)CCCC=CC(C)NCC=C(C)CCC=C(C)C. The van der Waals surface area contributed by atoms with E-state index >= 15 is 0 Å². The van der Waals surface area contributed by atoms with E-state index in [1.807, 2.05) is 0 Å². The Morgan fingerprint density at radius 3 is 2.24 bits per heavy atom. The summed E-state index contributed by atoms with van der Waals surface area (Å²) in [6.45, 7) is 14.3. The molecule has 1 nitrogen and oxygen atoms in total. The molecule has 144 valence electrons. The number of hydrogen-bond donors (Lipinski definition) is 1. The second kappa shape index (κ2) is 16.4. The number of allylic oxidation sites excluding steroid dienone is 6. The molecular weight excluding hydrogens is 302 g/mol. The van der Waals surface area contributed by atoms with Crippen LogP contribution < -0.4 is 5.32 Å². The summed E-state index contributed by atoms with van der Waals surface area (Å²) in [5.74, 6) is 0. The number of rotatable bonds is 14. The second-order valence-corrected chi connectivity index (χ2v) is 7.58. The van der Waals surface area contributed by atoms with E-state index in [-0.39, 0.29) is 0 Å². The van der Waals surface area contributed by atoms with Crippen molar-refractivity contribution >= 4 is 0 Å². The zero-order chi connectivity index (χ0) is 18.9. The molecule has 0 bridgehead atoms. The summed E-state index contributed by atoms with van der Waals surface area (Å²) in [6.07, 6.45) is 21.6. The minimum atomic E-state index is 0.447. The van der Waals surface area contributed by atoms with E-state index in [1.54, 1.807) is 5.57 Å². The molecule has 0 aliphatic carbocycles. The van der Waals surface area contributed by atoms with Crippen LogP contribution in [0.3, 0.4) is 0 Å². The normalized spacial score (nSPS) is 14.2. The Kier molecular flexibility index (Phi) is 15.7. The minimum absolute atomic E-state index is 0.447. The second-order valence-electron chi connectivity index (χ2n) is 7.58. The van der Waals surface area contributed by atoms with Gasteiger partial charge in [0.05, 0.1) is 0 Å². The monoisotopic (exact) mass is 345 g/mol. The van der Waals surface area contributed by atoms with Crippen molar-refractivity contribution in [3.63, 3.8) is 0 Å². The van der Waals surface area contributed by atoms with Gasteiger partial charge in [0.25, 0.3) is 0 Å². The fourth-order valence-corrected chi connectivity index (χ4v) is 2.63. The van der Waals surface area contributed by atoms with Crippen molar-refractivity contribution in [2.75, 3.05) is 6.54 Å². The largest absolute Gasteiger partial charge is 0.307 e. The molecule has 0 aromatic carbocycles. The highest BCUT2D eigenvalue weighted by Crippen LogP contribution is 2.10. The average molecular weight is 346 g/mol. The van der Waals surface area contributed by atoms with Gasteiger partial charge in [-0.2, -0.15) is 0 Å². The predicted molar refractivity (Wildman–Crippen MR) is 116 cm³/mol. The first-order chi connectivity index (χ1) is 12.0. The van der Waals surface area contributed by atoms with E-state index in [4.69, 9.17) is 0 Å². The Morgan fingerprint density at radius 1 is 0.840 bits per heavy atom. The summed E-state index contributed by atoms with van der Waals surface area (Å²) in [6, 6.07) is 0.447. The van der Waals surface area contributed by atoms with Crippen LogP contribution in [0.1, 0.15) is 92.9 Å². The van der Waals surface area contributed by atoms with Crippen LogP contribution >= 0.6 is 0 Å². The molecule has 0 rings (SSSR count). The lowest BCUT2D eigenvalue weighted by molar-refractivity contribution is 0.678. The molecule has 0 amide bonds. The van der Waals surface area contributed by atoms with Crippen LogP contribution in [0.5, 0.6) is 0 Å². The van der Waals surface area contributed by atoms with Crippen LogP contribution in [0.4, 0.5) is 0 Å². The third kappa shape index (κ3) is 17.5. The molecule has 0 saturated heterocycles. The standard InChI is InChI=1S/C24H43N/c1-7-8-10-15-22(4)16-11-9-12-18-24(6)25-20-19-23(5)17-13-14-21(2)3/h12,14-15,18-19,24-25H,7-11,13,16-17,20H2,1-6H3. The lowest BCUT2D eigenvalue weighted by atomic mass is 10.1. The Balaban J connectivity index is 3.80. The molecule has 1 unspecified atom stereocenters. The maximum Gasteiger partial charge on any atom is 0.0224 e. The molecule has 1 heteroatoms. The van der Waals surface area contributed by atoms with Crippen molar-refractivity contribution in [3.05, 3.63) is 47.1 Å². The molecule has 0 radical (unpaired) electrons. The maximum absolute atomic E-state index is 3.56. The van der Waals surface area contributed by atoms with Gasteiger partial charge in [0, 0.05) is 12.6 Å². The van der Waals surface area contributed by atoms with Gasteiger partial charge in [-0.3, -0.25) is 0 Å². The van der Waals surface area contributed by atoms with Gasteiger partial charge in [-0.15, -0.1) is 0 Å². The van der Waals surface area contributed by atoms with E-state index in [0.29, 0.717) is 6.04 Å². The topological polar surface area (TPSA) is 12.0 Å². The van der Waals surface area contributed by atoms with Crippen molar-refractivity contribution < 1.29 is 0 Å². The molecule has 0 aromatic rings. The van der Waals surface area contributed by atoms with E-state index in [2.05, 4.69) is 77.2 Å². The van der Waals surface area contributed by atoms with Gasteiger partial charge in [0.2, 0.25) is 0 Å². The quantitative estimate of drug-likeness (QED) is 0.253. The van der Waals surface area contributed by atoms with Crippen molar-refractivity contribution in [2.24, 2.45) is 0 Å². The summed E-state index contributed by atoms with van der Waals surface area (Å²) >= 11 is 0. The van der Waals surface area contributed by atoms with Crippen molar-refractivity contribution in [1.29, 1.82) is 0 Å². The summed E-state index contributed by atoms with van der Waals surface area (Å²) in [5, 5.41) is 3.56. The summed E-state index contributed by atoms with van der Waals surface area (Å²) in [5.41, 5.74) is 4.45. The highest BCUT2D eigenvalue weighted by atomic mass is 14.9. The number of hydrogen-bond acceptors (Lipinski definition) is 1. The highest BCUT2D eigenvalue weighted by molar-refractivity contribution is 5.04. The lowest BCUT2D eigenvalue weighted by Crippen LogP contribution is -2.23. The van der Waals surface area contributed by atoms with Crippen LogP contribution in [0, 0.1) is 0 Å². The molecule has 0 aliphatic rings. The maximum atomic E-state index is 3.56. The minimum Gasteiger partial charge on any atom is -0.307 e. The van der Waals surface area contributed by atoms with Gasteiger partial charge in [-0.05, 0) is 73.1 Å². The molecule has 0 spiro atoms. The molecular formula is C24H43N. The molecule has 0 heterocycles. The smallest absolute Gasteiger partial charge is 0.0224 e. The van der Waals surface area contributed by atoms with Gasteiger partial charge in [-0.1, -0.05) is 66.9 Å². The molecule has 0 aromatic heterocycles. The van der Waals surface area contributed by atoms with Crippen LogP contribution in [0.2, 0.25) is 0 Å². The fraction of sp³-hybridized carbons (Fsp3) is 0.667. The predicted octanol–water partition coefficient (Wildman–Crippen LogP) is 7.52. The van der Waals surface area contributed by atoms with Crippen LogP contribution in [-0.4, -0.2) is 12.6 Å². The zero-order valence-corrected chi connectivity index (χ0v) is 17.8. The van der Waals surface area contributed by atoms with E-state index in [9.17, 15) is 0 Å². The summed E-state index contributed by atoms with van der Waals surface area (Å²) < 4.78 is 0. The molecule has 1 N–H and O–H groups in total. The molecule has 0 aliphatic heterocycles. The lowest BCUT2D eigenvalue weighted by Gasteiger charge is -2.08. The van der Waals surface area contributed by atoms with Gasteiger partial charge < -0.3 is 5.32 Å². The molecule has 0 fully saturated rings. The Hall–Kier alpha value is -1.08. The summed E-state index contributed by atoms with van der Waals surface area (Å²) in [7, 11) is 0. The Bertz CT molecular complexity index is 433. The first-order valence-electron chi connectivity index (χ1n) is 10.3. The van der Waals surface area contributed by atoms with Crippen LogP contribution in [0.25, 0.3) is 0 Å². The van der Waals surface area contributed by atoms with E-state index in [1.165, 1.54) is 56.1 Å².